The molecule has 0 aliphatic heterocycles. The lowest BCUT2D eigenvalue weighted by Gasteiger charge is -2.07. The number of methoxy groups -OCH3 is 2. The molecule has 0 spiro atoms. The predicted octanol–water partition coefficient (Wildman–Crippen LogP) is 4.66. The van der Waals surface area contributed by atoms with Crippen molar-refractivity contribution in [1.29, 1.82) is 0 Å². The summed E-state index contributed by atoms with van der Waals surface area (Å²) in [4.78, 5) is 12.0. The molecule has 0 atom stereocenters. The van der Waals surface area contributed by atoms with Crippen molar-refractivity contribution in [3.05, 3.63) is 58.1 Å². The van der Waals surface area contributed by atoms with Crippen LogP contribution in [0.4, 0.5) is 5.69 Å². The molecule has 1 amide bonds. The van der Waals surface area contributed by atoms with Crippen LogP contribution in [0, 0.1) is 0 Å². The van der Waals surface area contributed by atoms with Crippen LogP contribution in [-0.2, 0) is 4.79 Å². The molecular formula is C17H15Cl2NO3. The molecule has 0 radical (unpaired) electrons. The summed E-state index contributed by atoms with van der Waals surface area (Å²) in [5.41, 5.74) is 1.29. The second-order valence-corrected chi connectivity index (χ2v) is 5.37. The molecule has 0 fully saturated rings. The van der Waals surface area contributed by atoms with Crippen LogP contribution in [0.1, 0.15) is 5.56 Å². The van der Waals surface area contributed by atoms with Crippen molar-refractivity contribution in [2.24, 2.45) is 0 Å². The summed E-state index contributed by atoms with van der Waals surface area (Å²) >= 11 is 11.7. The van der Waals surface area contributed by atoms with E-state index in [9.17, 15) is 4.79 Å². The Kier molecular flexibility index (Phi) is 5.90. The van der Waals surface area contributed by atoms with Gasteiger partial charge in [0.2, 0.25) is 5.91 Å². The van der Waals surface area contributed by atoms with Crippen molar-refractivity contribution in [3.63, 3.8) is 0 Å². The van der Waals surface area contributed by atoms with Gasteiger partial charge in [0.05, 0.1) is 24.3 Å². The topological polar surface area (TPSA) is 47.6 Å². The fourth-order valence-corrected chi connectivity index (χ4v) is 2.19. The van der Waals surface area contributed by atoms with Gasteiger partial charge in [-0.1, -0.05) is 23.2 Å². The van der Waals surface area contributed by atoms with Crippen molar-refractivity contribution in [2.75, 3.05) is 19.5 Å². The number of anilines is 1. The second kappa shape index (κ2) is 7.90. The molecule has 4 nitrogen and oxygen atoms in total. The van der Waals surface area contributed by atoms with E-state index in [1.54, 1.807) is 56.7 Å². The molecule has 6 heteroatoms. The molecule has 0 heterocycles. The average molecular weight is 352 g/mol. The van der Waals surface area contributed by atoms with E-state index in [0.717, 1.165) is 5.56 Å². The van der Waals surface area contributed by atoms with Crippen molar-refractivity contribution < 1.29 is 14.3 Å². The molecule has 0 unspecified atom stereocenters. The summed E-state index contributed by atoms with van der Waals surface area (Å²) in [5, 5.41) is 3.51. The smallest absolute Gasteiger partial charge is 0.248 e. The number of rotatable bonds is 5. The van der Waals surface area contributed by atoms with Gasteiger partial charge in [0.15, 0.2) is 0 Å². The maximum atomic E-state index is 12.0. The van der Waals surface area contributed by atoms with Crippen molar-refractivity contribution in [3.8, 4) is 11.5 Å². The zero-order valence-electron chi connectivity index (χ0n) is 12.6. The van der Waals surface area contributed by atoms with Crippen LogP contribution in [0.3, 0.4) is 0 Å². The molecule has 2 aromatic rings. The Labute approximate surface area is 144 Å². The lowest BCUT2D eigenvalue weighted by Crippen LogP contribution is -2.07. The van der Waals surface area contributed by atoms with Crippen LogP contribution in [-0.4, -0.2) is 20.1 Å². The van der Waals surface area contributed by atoms with E-state index in [-0.39, 0.29) is 5.91 Å². The zero-order chi connectivity index (χ0) is 16.8. The summed E-state index contributed by atoms with van der Waals surface area (Å²) in [6, 6.07) is 10.2. The van der Waals surface area contributed by atoms with E-state index in [1.165, 1.54) is 6.08 Å². The molecule has 23 heavy (non-hydrogen) atoms. The molecule has 0 aliphatic rings. The number of amides is 1. The highest BCUT2D eigenvalue weighted by atomic mass is 35.5. The summed E-state index contributed by atoms with van der Waals surface area (Å²) in [6.45, 7) is 0. The fourth-order valence-electron chi connectivity index (χ4n) is 1.89. The number of benzene rings is 2. The zero-order valence-corrected chi connectivity index (χ0v) is 14.1. The molecule has 120 valence electrons. The number of hydrogen-bond acceptors (Lipinski definition) is 3. The first-order chi connectivity index (χ1) is 11.0. The first kappa shape index (κ1) is 17.2. The number of hydrogen-bond donors (Lipinski definition) is 1. The Hall–Kier alpha value is -2.17. The fraction of sp³-hybridized carbons (Fsp3) is 0.118. The standard InChI is InChI=1S/C17H15Cl2NO3/c1-22-13-5-7-16(23-2)11(9-13)3-8-17(21)20-12-4-6-14(18)15(19)10-12/h3-10H,1-2H3,(H,20,21)/b8-3+. The van der Waals surface area contributed by atoms with Gasteiger partial charge in [0.25, 0.3) is 0 Å². The Balaban J connectivity index is 2.13. The van der Waals surface area contributed by atoms with Crippen molar-refractivity contribution in [1.82, 2.24) is 0 Å². The van der Waals surface area contributed by atoms with Crippen LogP contribution in [0.25, 0.3) is 6.08 Å². The van der Waals surface area contributed by atoms with E-state index < -0.39 is 0 Å². The number of carbonyl (C=O) groups is 1. The highest BCUT2D eigenvalue weighted by molar-refractivity contribution is 6.42. The quantitative estimate of drug-likeness (QED) is 0.796. The summed E-state index contributed by atoms with van der Waals surface area (Å²) in [5.74, 6) is 1.02. The Bertz CT molecular complexity index is 745. The number of halogens is 2. The molecule has 0 saturated carbocycles. The molecule has 2 aromatic carbocycles. The molecular weight excluding hydrogens is 337 g/mol. The maximum Gasteiger partial charge on any atom is 0.248 e. The predicted molar refractivity (Wildman–Crippen MR) is 93.7 cm³/mol. The van der Waals surface area contributed by atoms with Gasteiger partial charge in [-0.05, 0) is 42.5 Å². The van der Waals surface area contributed by atoms with Crippen molar-refractivity contribution in [2.45, 2.75) is 0 Å². The minimum absolute atomic E-state index is 0.298. The van der Waals surface area contributed by atoms with E-state index in [2.05, 4.69) is 5.32 Å². The van der Waals surface area contributed by atoms with Gasteiger partial charge in [-0.25, -0.2) is 0 Å². The number of carbonyl (C=O) groups excluding carboxylic acids is 1. The van der Waals surface area contributed by atoms with Gasteiger partial charge >= 0.3 is 0 Å². The largest absolute Gasteiger partial charge is 0.497 e. The first-order valence-corrected chi connectivity index (χ1v) is 7.45. The summed E-state index contributed by atoms with van der Waals surface area (Å²) in [7, 11) is 3.14. The number of ether oxygens (including phenoxy) is 2. The third-order valence-corrected chi connectivity index (χ3v) is 3.78. The molecule has 0 aliphatic carbocycles. The summed E-state index contributed by atoms with van der Waals surface area (Å²) in [6.07, 6.45) is 3.05. The lowest BCUT2D eigenvalue weighted by atomic mass is 10.1. The van der Waals surface area contributed by atoms with E-state index in [4.69, 9.17) is 32.7 Å². The van der Waals surface area contributed by atoms with Gasteiger partial charge in [-0.2, -0.15) is 0 Å². The van der Waals surface area contributed by atoms with Crippen LogP contribution in [0.2, 0.25) is 10.0 Å². The Morgan fingerprint density at radius 1 is 1.04 bits per heavy atom. The first-order valence-electron chi connectivity index (χ1n) is 6.69. The lowest BCUT2D eigenvalue weighted by molar-refractivity contribution is -0.111. The van der Waals surface area contributed by atoms with Gasteiger partial charge < -0.3 is 14.8 Å². The van der Waals surface area contributed by atoms with Crippen LogP contribution >= 0.6 is 23.2 Å². The van der Waals surface area contributed by atoms with Crippen molar-refractivity contribution >= 4 is 40.9 Å². The molecule has 0 bridgehead atoms. The minimum Gasteiger partial charge on any atom is -0.497 e. The Morgan fingerprint density at radius 3 is 2.48 bits per heavy atom. The molecule has 1 N–H and O–H groups in total. The van der Waals surface area contributed by atoms with E-state index in [1.807, 2.05) is 0 Å². The number of nitrogens with one attached hydrogen (secondary N) is 1. The van der Waals surface area contributed by atoms with Gasteiger partial charge in [0, 0.05) is 17.3 Å². The maximum absolute atomic E-state index is 12.0. The SMILES string of the molecule is COc1ccc(OC)c(/C=C/C(=O)Nc2ccc(Cl)c(Cl)c2)c1. The second-order valence-electron chi connectivity index (χ2n) is 4.56. The highest BCUT2D eigenvalue weighted by Crippen LogP contribution is 2.26. The third-order valence-electron chi connectivity index (χ3n) is 3.04. The molecule has 0 saturated heterocycles. The van der Waals surface area contributed by atoms with Crippen LogP contribution in [0.15, 0.2) is 42.5 Å². The Morgan fingerprint density at radius 2 is 1.83 bits per heavy atom. The normalized spacial score (nSPS) is 10.6. The minimum atomic E-state index is -0.298. The van der Waals surface area contributed by atoms with Gasteiger partial charge in [0.1, 0.15) is 11.5 Å². The third kappa shape index (κ3) is 4.65. The highest BCUT2D eigenvalue weighted by Gasteiger charge is 2.04. The van der Waals surface area contributed by atoms with E-state index in [0.29, 0.717) is 27.2 Å². The average Bonchev–Trinajstić information content (AvgIpc) is 2.56. The van der Waals surface area contributed by atoms with Gasteiger partial charge in [-0.15, -0.1) is 0 Å². The van der Waals surface area contributed by atoms with Crippen LogP contribution < -0.4 is 14.8 Å². The molecule has 2 rings (SSSR count). The monoisotopic (exact) mass is 351 g/mol. The van der Waals surface area contributed by atoms with Crippen LogP contribution in [0.5, 0.6) is 11.5 Å². The van der Waals surface area contributed by atoms with E-state index >= 15 is 0 Å². The van der Waals surface area contributed by atoms with Gasteiger partial charge in [-0.3, -0.25) is 4.79 Å². The summed E-state index contributed by atoms with van der Waals surface area (Å²) < 4.78 is 10.4. The molecule has 0 aromatic heterocycles.